The molecule has 1 aromatic rings. The third kappa shape index (κ3) is 3.82. The van der Waals surface area contributed by atoms with Crippen molar-refractivity contribution < 1.29 is 0 Å². The van der Waals surface area contributed by atoms with Gasteiger partial charge in [0.25, 0.3) is 0 Å². The van der Waals surface area contributed by atoms with Crippen LogP contribution in [-0.2, 0) is 6.54 Å². The van der Waals surface area contributed by atoms with Crippen LogP contribution < -0.4 is 5.32 Å². The molecule has 0 bridgehead atoms. The maximum atomic E-state index is 3.50. The van der Waals surface area contributed by atoms with Crippen molar-refractivity contribution in [1.82, 2.24) is 10.2 Å². The van der Waals surface area contributed by atoms with E-state index < -0.39 is 0 Å². The number of aryl methyl sites for hydroxylation is 1. The van der Waals surface area contributed by atoms with Gasteiger partial charge < -0.3 is 5.32 Å². The second kappa shape index (κ2) is 6.91. The second-order valence-electron chi connectivity index (χ2n) is 5.42. The van der Waals surface area contributed by atoms with Crippen LogP contribution in [0.15, 0.2) is 24.3 Å². The van der Waals surface area contributed by atoms with Gasteiger partial charge in [-0.2, -0.15) is 0 Å². The molecule has 0 aromatic heterocycles. The molecule has 1 aliphatic heterocycles. The van der Waals surface area contributed by atoms with Crippen molar-refractivity contribution in [3.05, 3.63) is 35.4 Å². The minimum Gasteiger partial charge on any atom is -0.315 e. The number of nitrogens with zero attached hydrogens (tertiary/aromatic N) is 1. The molecule has 1 aliphatic rings. The number of likely N-dealkylation sites (N-methyl/N-ethyl adjacent to an activating group) is 1. The monoisotopic (exact) mass is 246 g/mol. The number of nitrogens with one attached hydrogen (secondary N) is 1. The highest BCUT2D eigenvalue weighted by atomic mass is 15.2. The van der Waals surface area contributed by atoms with Crippen LogP contribution in [-0.4, -0.2) is 30.6 Å². The predicted molar refractivity (Wildman–Crippen MR) is 77.8 cm³/mol. The molecule has 0 aliphatic carbocycles. The predicted octanol–water partition coefficient (Wildman–Crippen LogP) is 2.96. The maximum Gasteiger partial charge on any atom is 0.0237 e. The van der Waals surface area contributed by atoms with E-state index >= 15 is 0 Å². The Bertz CT molecular complexity index is 362. The lowest BCUT2D eigenvalue weighted by molar-refractivity contribution is 0.138. The number of piperidine rings is 1. The van der Waals surface area contributed by atoms with Crippen LogP contribution in [0.5, 0.6) is 0 Å². The SMILES string of the molecule is CCNCC1CCCCN1Cc1cccc(C)c1. The highest BCUT2D eigenvalue weighted by molar-refractivity contribution is 5.22. The zero-order valence-corrected chi connectivity index (χ0v) is 11.8. The highest BCUT2D eigenvalue weighted by Crippen LogP contribution is 2.19. The molecule has 1 heterocycles. The van der Waals surface area contributed by atoms with Crippen LogP contribution in [0, 0.1) is 6.92 Å². The fraction of sp³-hybridized carbons (Fsp3) is 0.625. The van der Waals surface area contributed by atoms with Gasteiger partial charge in [-0.15, -0.1) is 0 Å². The van der Waals surface area contributed by atoms with Crippen molar-refractivity contribution in [2.75, 3.05) is 19.6 Å². The van der Waals surface area contributed by atoms with Crippen LogP contribution in [0.2, 0.25) is 0 Å². The highest BCUT2D eigenvalue weighted by Gasteiger charge is 2.21. The summed E-state index contributed by atoms with van der Waals surface area (Å²) in [5.41, 5.74) is 2.83. The van der Waals surface area contributed by atoms with Crippen molar-refractivity contribution in [3.8, 4) is 0 Å². The Morgan fingerprint density at radius 3 is 3.00 bits per heavy atom. The molecular formula is C16H26N2. The first-order valence-electron chi connectivity index (χ1n) is 7.30. The molecule has 2 nitrogen and oxygen atoms in total. The van der Waals surface area contributed by atoms with Gasteiger partial charge in [0.05, 0.1) is 0 Å². The van der Waals surface area contributed by atoms with Crippen LogP contribution >= 0.6 is 0 Å². The maximum absolute atomic E-state index is 3.50. The van der Waals surface area contributed by atoms with Crippen molar-refractivity contribution in [1.29, 1.82) is 0 Å². The molecule has 1 fully saturated rings. The lowest BCUT2D eigenvalue weighted by Crippen LogP contribution is -2.44. The van der Waals surface area contributed by atoms with Gasteiger partial charge >= 0.3 is 0 Å². The molecule has 1 aromatic carbocycles. The third-order valence-corrected chi connectivity index (χ3v) is 3.85. The van der Waals surface area contributed by atoms with Gasteiger partial charge in [-0.3, -0.25) is 4.90 Å². The summed E-state index contributed by atoms with van der Waals surface area (Å²) in [5, 5.41) is 3.50. The molecule has 0 saturated carbocycles. The zero-order chi connectivity index (χ0) is 12.8. The number of benzene rings is 1. The standard InChI is InChI=1S/C16H26N2/c1-3-17-12-16-9-4-5-10-18(16)13-15-8-6-7-14(2)11-15/h6-8,11,16-17H,3-5,9-10,12-13H2,1-2H3. The van der Waals surface area contributed by atoms with E-state index in [0.717, 1.165) is 25.7 Å². The molecule has 2 heteroatoms. The smallest absolute Gasteiger partial charge is 0.0237 e. The van der Waals surface area contributed by atoms with Gasteiger partial charge in [-0.05, 0) is 38.4 Å². The molecule has 0 spiro atoms. The van der Waals surface area contributed by atoms with E-state index in [1.807, 2.05) is 0 Å². The van der Waals surface area contributed by atoms with Gasteiger partial charge in [0.2, 0.25) is 0 Å². The molecule has 2 rings (SSSR count). The number of hydrogen-bond donors (Lipinski definition) is 1. The average molecular weight is 246 g/mol. The number of likely N-dealkylation sites (tertiary alicyclic amines) is 1. The summed E-state index contributed by atoms with van der Waals surface area (Å²) < 4.78 is 0. The number of rotatable bonds is 5. The topological polar surface area (TPSA) is 15.3 Å². The quantitative estimate of drug-likeness (QED) is 0.859. The first-order valence-corrected chi connectivity index (χ1v) is 7.30. The average Bonchev–Trinajstić information content (AvgIpc) is 2.38. The van der Waals surface area contributed by atoms with E-state index in [2.05, 4.69) is 48.3 Å². The van der Waals surface area contributed by atoms with E-state index in [1.54, 1.807) is 0 Å². The number of hydrogen-bond acceptors (Lipinski definition) is 2. The Morgan fingerprint density at radius 1 is 1.33 bits per heavy atom. The van der Waals surface area contributed by atoms with E-state index in [9.17, 15) is 0 Å². The normalized spacial score (nSPS) is 21.1. The summed E-state index contributed by atoms with van der Waals surface area (Å²) in [6, 6.07) is 9.65. The summed E-state index contributed by atoms with van der Waals surface area (Å²) in [6.45, 7) is 8.95. The molecule has 0 radical (unpaired) electrons. The van der Waals surface area contributed by atoms with E-state index in [0.29, 0.717) is 0 Å². The molecule has 100 valence electrons. The Labute approximate surface area is 111 Å². The summed E-state index contributed by atoms with van der Waals surface area (Å²) in [5.74, 6) is 0. The van der Waals surface area contributed by atoms with Gasteiger partial charge in [-0.25, -0.2) is 0 Å². The lowest BCUT2D eigenvalue weighted by atomic mass is 10.0. The van der Waals surface area contributed by atoms with Crippen LogP contribution in [0.4, 0.5) is 0 Å². The third-order valence-electron chi connectivity index (χ3n) is 3.85. The van der Waals surface area contributed by atoms with E-state index in [-0.39, 0.29) is 0 Å². The van der Waals surface area contributed by atoms with Gasteiger partial charge in [0.15, 0.2) is 0 Å². The van der Waals surface area contributed by atoms with Crippen molar-refractivity contribution >= 4 is 0 Å². The lowest BCUT2D eigenvalue weighted by Gasteiger charge is -2.36. The molecule has 1 unspecified atom stereocenters. The zero-order valence-electron chi connectivity index (χ0n) is 11.8. The molecule has 0 amide bonds. The van der Waals surface area contributed by atoms with E-state index in [4.69, 9.17) is 0 Å². The summed E-state index contributed by atoms with van der Waals surface area (Å²) in [6.07, 6.45) is 4.09. The van der Waals surface area contributed by atoms with Crippen molar-refractivity contribution in [2.24, 2.45) is 0 Å². The van der Waals surface area contributed by atoms with Crippen LogP contribution in [0.25, 0.3) is 0 Å². The van der Waals surface area contributed by atoms with Crippen molar-refractivity contribution in [2.45, 2.75) is 45.7 Å². The largest absolute Gasteiger partial charge is 0.315 e. The Balaban J connectivity index is 1.96. The molecule has 1 saturated heterocycles. The summed E-state index contributed by atoms with van der Waals surface area (Å²) >= 11 is 0. The molecule has 18 heavy (non-hydrogen) atoms. The second-order valence-corrected chi connectivity index (χ2v) is 5.42. The summed E-state index contributed by atoms with van der Waals surface area (Å²) in [4.78, 5) is 2.65. The van der Waals surface area contributed by atoms with Crippen LogP contribution in [0.3, 0.4) is 0 Å². The Hall–Kier alpha value is -0.860. The fourth-order valence-corrected chi connectivity index (χ4v) is 2.86. The van der Waals surface area contributed by atoms with E-state index in [1.165, 1.54) is 36.9 Å². The molecule has 1 atom stereocenters. The molecule has 1 N–H and O–H groups in total. The van der Waals surface area contributed by atoms with Crippen molar-refractivity contribution in [3.63, 3.8) is 0 Å². The van der Waals surface area contributed by atoms with Gasteiger partial charge in [-0.1, -0.05) is 43.2 Å². The summed E-state index contributed by atoms with van der Waals surface area (Å²) in [7, 11) is 0. The van der Waals surface area contributed by atoms with Gasteiger partial charge in [0.1, 0.15) is 0 Å². The minimum atomic E-state index is 0.721. The first kappa shape index (κ1) is 13.6. The first-order chi connectivity index (χ1) is 8.79. The van der Waals surface area contributed by atoms with Crippen LogP contribution in [0.1, 0.15) is 37.3 Å². The van der Waals surface area contributed by atoms with Gasteiger partial charge in [0, 0.05) is 19.1 Å². The Morgan fingerprint density at radius 2 is 2.22 bits per heavy atom. The molecular weight excluding hydrogens is 220 g/mol. The Kier molecular flexibility index (Phi) is 5.21. The minimum absolute atomic E-state index is 0.721. The fourth-order valence-electron chi connectivity index (χ4n) is 2.86.